The maximum absolute atomic E-state index is 11.3. The van der Waals surface area contributed by atoms with Crippen molar-refractivity contribution in [2.24, 2.45) is 0 Å². The van der Waals surface area contributed by atoms with Crippen molar-refractivity contribution in [3.63, 3.8) is 0 Å². The lowest BCUT2D eigenvalue weighted by atomic mass is 9.80. The summed E-state index contributed by atoms with van der Waals surface area (Å²) in [5.74, 6) is -2.93. The van der Waals surface area contributed by atoms with Crippen LogP contribution in [0.2, 0.25) is 0 Å². The Hall–Kier alpha value is -2.44. The van der Waals surface area contributed by atoms with E-state index in [1.54, 1.807) is 20.8 Å². The number of carboxylic acids is 2. The second-order valence-corrected chi connectivity index (χ2v) is 5.00. The first-order chi connectivity index (χ1) is 8.57. The van der Waals surface area contributed by atoms with Gasteiger partial charge in [0.2, 0.25) is 0 Å². The molecule has 0 fully saturated rings. The summed E-state index contributed by atoms with van der Waals surface area (Å²) in [5.41, 5.74) is -2.35. The van der Waals surface area contributed by atoms with Gasteiger partial charge >= 0.3 is 11.9 Å². The van der Waals surface area contributed by atoms with E-state index in [9.17, 15) is 24.8 Å². The maximum Gasteiger partial charge on any atom is 0.337 e. The normalized spacial score (nSPS) is 11.1. The Kier molecular flexibility index (Phi) is 3.60. The number of nitrogens with zero attached hydrogens (tertiary/aromatic N) is 1. The van der Waals surface area contributed by atoms with Gasteiger partial charge in [-0.25, -0.2) is 9.59 Å². The van der Waals surface area contributed by atoms with Crippen molar-refractivity contribution in [2.75, 3.05) is 0 Å². The standard InChI is InChI=1S/C12H13NO6/c1-12(2,3)9-7(13(18)19)5-4-6(10(14)15)8(9)11(16)17/h4-5H,1-3H3,(H,14,15)(H,16,17). The molecule has 19 heavy (non-hydrogen) atoms. The topological polar surface area (TPSA) is 118 Å². The molecule has 102 valence electrons. The molecule has 0 heterocycles. The van der Waals surface area contributed by atoms with Crippen molar-refractivity contribution < 1.29 is 24.7 Å². The molecule has 0 bridgehead atoms. The van der Waals surface area contributed by atoms with Gasteiger partial charge in [0.05, 0.1) is 21.6 Å². The molecule has 7 nitrogen and oxygen atoms in total. The Morgan fingerprint density at radius 2 is 1.68 bits per heavy atom. The van der Waals surface area contributed by atoms with Crippen molar-refractivity contribution in [3.05, 3.63) is 38.9 Å². The quantitative estimate of drug-likeness (QED) is 0.640. The zero-order valence-electron chi connectivity index (χ0n) is 10.6. The number of carboxylic acid groups (broad SMARTS) is 2. The van der Waals surface area contributed by atoms with Gasteiger partial charge < -0.3 is 10.2 Å². The summed E-state index contributed by atoms with van der Waals surface area (Å²) in [6.45, 7) is 4.77. The van der Waals surface area contributed by atoms with Crippen LogP contribution in [0, 0.1) is 10.1 Å². The molecule has 0 saturated carbocycles. The second kappa shape index (κ2) is 4.68. The number of hydrogen-bond donors (Lipinski definition) is 2. The van der Waals surface area contributed by atoms with Crippen LogP contribution in [0.1, 0.15) is 47.1 Å². The van der Waals surface area contributed by atoms with E-state index < -0.39 is 39.1 Å². The molecule has 7 heteroatoms. The van der Waals surface area contributed by atoms with E-state index in [0.29, 0.717) is 0 Å². The second-order valence-electron chi connectivity index (χ2n) is 5.00. The summed E-state index contributed by atoms with van der Waals surface area (Å²) in [6, 6.07) is 1.97. The zero-order chi connectivity index (χ0) is 15.0. The predicted octanol–water partition coefficient (Wildman–Crippen LogP) is 2.29. The van der Waals surface area contributed by atoms with Gasteiger partial charge in [-0.2, -0.15) is 0 Å². The predicted molar refractivity (Wildman–Crippen MR) is 65.7 cm³/mol. The van der Waals surface area contributed by atoms with E-state index in [4.69, 9.17) is 5.11 Å². The van der Waals surface area contributed by atoms with E-state index in [1.807, 2.05) is 0 Å². The van der Waals surface area contributed by atoms with Crippen LogP contribution >= 0.6 is 0 Å². The first-order valence-electron chi connectivity index (χ1n) is 5.35. The summed E-state index contributed by atoms with van der Waals surface area (Å²) < 4.78 is 0. The molecule has 1 aromatic carbocycles. The van der Waals surface area contributed by atoms with Crippen LogP contribution in [-0.2, 0) is 5.41 Å². The lowest BCUT2D eigenvalue weighted by Gasteiger charge is -2.22. The molecule has 0 amide bonds. The molecule has 0 unspecified atom stereocenters. The van der Waals surface area contributed by atoms with Crippen molar-refractivity contribution in [2.45, 2.75) is 26.2 Å². The van der Waals surface area contributed by atoms with Gasteiger partial charge in [-0.1, -0.05) is 20.8 Å². The summed E-state index contributed by atoms with van der Waals surface area (Å²) >= 11 is 0. The number of aromatic carboxylic acids is 2. The first-order valence-corrected chi connectivity index (χ1v) is 5.35. The molecule has 0 radical (unpaired) electrons. The van der Waals surface area contributed by atoms with Crippen LogP contribution in [0.4, 0.5) is 5.69 Å². The monoisotopic (exact) mass is 267 g/mol. The van der Waals surface area contributed by atoms with Crippen LogP contribution in [0.3, 0.4) is 0 Å². The van der Waals surface area contributed by atoms with Crippen LogP contribution in [0.5, 0.6) is 0 Å². The first kappa shape index (κ1) is 14.6. The Labute approximate surface area is 108 Å². The van der Waals surface area contributed by atoms with Crippen LogP contribution in [-0.4, -0.2) is 27.1 Å². The van der Waals surface area contributed by atoms with Crippen molar-refractivity contribution in [1.29, 1.82) is 0 Å². The Bertz CT molecular complexity index is 570. The minimum atomic E-state index is -1.49. The Morgan fingerprint density at radius 1 is 1.16 bits per heavy atom. The fraction of sp³-hybridized carbons (Fsp3) is 0.333. The summed E-state index contributed by atoms with van der Waals surface area (Å²) in [4.78, 5) is 32.6. The lowest BCUT2D eigenvalue weighted by Crippen LogP contribution is -2.22. The Balaban J connectivity index is 3.88. The van der Waals surface area contributed by atoms with E-state index in [2.05, 4.69) is 0 Å². The molecule has 1 rings (SSSR count). The zero-order valence-corrected chi connectivity index (χ0v) is 10.6. The summed E-state index contributed by atoms with van der Waals surface area (Å²) in [6.07, 6.45) is 0. The summed E-state index contributed by atoms with van der Waals surface area (Å²) in [7, 11) is 0. The fourth-order valence-electron chi connectivity index (χ4n) is 1.90. The fourth-order valence-corrected chi connectivity index (χ4v) is 1.90. The third kappa shape index (κ3) is 2.70. The smallest absolute Gasteiger partial charge is 0.337 e. The largest absolute Gasteiger partial charge is 0.478 e. The van der Waals surface area contributed by atoms with Gasteiger partial charge in [0.1, 0.15) is 0 Å². The minimum Gasteiger partial charge on any atom is -0.478 e. The third-order valence-corrected chi connectivity index (χ3v) is 2.57. The molecule has 0 aliphatic carbocycles. The molecule has 0 spiro atoms. The van der Waals surface area contributed by atoms with Gasteiger partial charge in [0.15, 0.2) is 0 Å². The summed E-state index contributed by atoms with van der Waals surface area (Å²) in [5, 5.41) is 29.2. The maximum atomic E-state index is 11.3. The molecule has 0 saturated heterocycles. The van der Waals surface area contributed by atoms with Gasteiger partial charge in [-0.15, -0.1) is 0 Å². The average Bonchev–Trinajstić information content (AvgIpc) is 2.25. The highest BCUT2D eigenvalue weighted by Gasteiger charge is 2.34. The molecule has 2 N–H and O–H groups in total. The number of rotatable bonds is 3. The minimum absolute atomic E-state index is 0.0927. The molecule has 0 atom stereocenters. The van der Waals surface area contributed by atoms with Crippen LogP contribution in [0.25, 0.3) is 0 Å². The molecule has 0 aliphatic heterocycles. The highest BCUT2D eigenvalue weighted by molar-refractivity contribution is 6.04. The van der Waals surface area contributed by atoms with Crippen molar-refractivity contribution >= 4 is 17.6 Å². The van der Waals surface area contributed by atoms with Crippen LogP contribution in [0.15, 0.2) is 12.1 Å². The van der Waals surface area contributed by atoms with E-state index in [0.717, 1.165) is 12.1 Å². The number of benzene rings is 1. The van der Waals surface area contributed by atoms with Gasteiger partial charge in [-0.05, 0) is 11.5 Å². The van der Waals surface area contributed by atoms with Gasteiger partial charge in [0, 0.05) is 6.07 Å². The SMILES string of the molecule is CC(C)(C)c1c([N+](=O)[O-])ccc(C(=O)O)c1C(=O)O. The lowest BCUT2D eigenvalue weighted by molar-refractivity contribution is -0.386. The molecule has 0 aliphatic rings. The molecular weight excluding hydrogens is 254 g/mol. The van der Waals surface area contributed by atoms with Crippen molar-refractivity contribution in [1.82, 2.24) is 0 Å². The number of carbonyl (C=O) groups is 2. The van der Waals surface area contributed by atoms with E-state index >= 15 is 0 Å². The van der Waals surface area contributed by atoms with Crippen LogP contribution < -0.4 is 0 Å². The third-order valence-electron chi connectivity index (χ3n) is 2.57. The highest BCUT2D eigenvalue weighted by Crippen LogP contribution is 2.36. The van der Waals surface area contributed by atoms with Gasteiger partial charge in [-0.3, -0.25) is 10.1 Å². The highest BCUT2D eigenvalue weighted by atomic mass is 16.6. The van der Waals surface area contributed by atoms with E-state index in [1.165, 1.54) is 0 Å². The average molecular weight is 267 g/mol. The van der Waals surface area contributed by atoms with E-state index in [-0.39, 0.29) is 5.56 Å². The number of hydrogen-bond acceptors (Lipinski definition) is 4. The Morgan fingerprint density at radius 3 is 2.00 bits per heavy atom. The van der Waals surface area contributed by atoms with Crippen molar-refractivity contribution in [3.8, 4) is 0 Å². The number of nitro groups is 1. The van der Waals surface area contributed by atoms with Gasteiger partial charge in [0.25, 0.3) is 5.69 Å². The number of nitro benzene ring substituents is 1. The molecular formula is C12H13NO6. The molecule has 1 aromatic rings. The molecule has 0 aromatic heterocycles.